The molecule has 1 aromatic rings. The van der Waals surface area contributed by atoms with Crippen LogP contribution in [-0.4, -0.2) is 17.6 Å². The van der Waals surface area contributed by atoms with E-state index < -0.39 is 0 Å². The van der Waals surface area contributed by atoms with Crippen molar-refractivity contribution in [3.63, 3.8) is 0 Å². The number of phenolic OH excluding ortho intramolecular Hbond substituents is 1. The van der Waals surface area contributed by atoms with Crippen LogP contribution in [0.2, 0.25) is 0 Å². The third-order valence-corrected chi connectivity index (χ3v) is 2.23. The topological polar surface area (TPSA) is 40.5 Å². The van der Waals surface area contributed by atoms with Crippen molar-refractivity contribution in [2.45, 2.75) is 12.8 Å². The zero-order valence-electron chi connectivity index (χ0n) is 7.23. The highest BCUT2D eigenvalue weighted by molar-refractivity contribution is 5.95. The molecule has 1 saturated heterocycles. The van der Waals surface area contributed by atoms with Crippen LogP contribution < -0.4 is 4.90 Å². The summed E-state index contributed by atoms with van der Waals surface area (Å²) >= 11 is 0. The molecular weight excluding hydrogens is 166 g/mol. The van der Waals surface area contributed by atoms with Crippen LogP contribution in [0.4, 0.5) is 5.69 Å². The van der Waals surface area contributed by atoms with Crippen LogP contribution in [0.25, 0.3) is 0 Å². The maximum Gasteiger partial charge on any atom is 0.227 e. The van der Waals surface area contributed by atoms with Gasteiger partial charge < -0.3 is 10.0 Å². The predicted molar refractivity (Wildman–Crippen MR) is 49.7 cm³/mol. The summed E-state index contributed by atoms with van der Waals surface area (Å²) in [6, 6.07) is 6.72. The smallest absolute Gasteiger partial charge is 0.227 e. The normalized spacial score (nSPS) is 16.6. The summed E-state index contributed by atoms with van der Waals surface area (Å²) in [4.78, 5) is 13.1. The number of amides is 1. The van der Waals surface area contributed by atoms with Crippen LogP contribution in [0.3, 0.4) is 0 Å². The number of anilines is 1. The van der Waals surface area contributed by atoms with Gasteiger partial charge in [-0.2, -0.15) is 0 Å². The second-order valence-corrected chi connectivity index (χ2v) is 3.17. The highest BCUT2D eigenvalue weighted by Gasteiger charge is 2.21. The molecule has 13 heavy (non-hydrogen) atoms. The lowest BCUT2D eigenvalue weighted by molar-refractivity contribution is -0.117. The molecule has 0 saturated carbocycles. The van der Waals surface area contributed by atoms with Gasteiger partial charge in [0.2, 0.25) is 5.91 Å². The van der Waals surface area contributed by atoms with Gasteiger partial charge in [0.15, 0.2) is 0 Å². The van der Waals surface area contributed by atoms with Gasteiger partial charge in [-0.15, -0.1) is 0 Å². The second-order valence-electron chi connectivity index (χ2n) is 3.17. The van der Waals surface area contributed by atoms with Crippen LogP contribution in [-0.2, 0) is 4.79 Å². The third kappa shape index (κ3) is 1.49. The lowest BCUT2D eigenvalue weighted by Gasteiger charge is -2.14. The first-order valence-corrected chi connectivity index (χ1v) is 4.37. The number of phenols is 1. The Morgan fingerprint density at radius 3 is 2.46 bits per heavy atom. The Morgan fingerprint density at radius 2 is 1.92 bits per heavy atom. The maximum absolute atomic E-state index is 11.3. The summed E-state index contributed by atoms with van der Waals surface area (Å²) in [6.45, 7) is 0.795. The molecule has 3 heteroatoms. The van der Waals surface area contributed by atoms with E-state index in [1.54, 1.807) is 29.2 Å². The van der Waals surface area contributed by atoms with Crippen LogP contribution in [0.15, 0.2) is 24.3 Å². The minimum absolute atomic E-state index is 0.172. The zero-order chi connectivity index (χ0) is 9.26. The molecule has 1 heterocycles. The van der Waals surface area contributed by atoms with Gasteiger partial charge >= 0.3 is 0 Å². The molecular formula is C10H11NO2. The molecule has 0 aromatic heterocycles. The highest BCUT2D eigenvalue weighted by atomic mass is 16.3. The van der Waals surface area contributed by atoms with Gasteiger partial charge in [0.1, 0.15) is 5.75 Å². The van der Waals surface area contributed by atoms with E-state index >= 15 is 0 Å². The number of nitrogens with zero attached hydrogens (tertiary/aromatic N) is 1. The van der Waals surface area contributed by atoms with E-state index in [-0.39, 0.29) is 11.7 Å². The number of aromatic hydroxyl groups is 1. The average molecular weight is 177 g/mol. The second kappa shape index (κ2) is 3.09. The number of hydrogen-bond acceptors (Lipinski definition) is 2. The van der Waals surface area contributed by atoms with E-state index in [0.717, 1.165) is 18.7 Å². The number of carbonyl (C=O) groups excluding carboxylic acids is 1. The maximum atomic E-state index is 11.3. The van der Waals surface area contributed by atoms with Gasteiger partial charge in [0.05, 0.1) is 0 Å². The van der Waals surface area contributed by atoms with Crippen molar-refractivity contribution in [1.82, 2.24) is 0 Å². The molecule has 0 spiro atoms. The lowest BCUT2D eigenvalue weighted by Crippen LogP contribution is -2.23. The van der Waals surface area contributed by atoms with Gasteiger partial charge in [-0.25, -0.2) is 0 Å². The van der Waals surface area contributed by atoms with E-state index in [1.807, 2.05) is 0 Å². The fourth-order valence-corrected chi connectivity index (χ4v) is 1.55. The fraction of sp³-hybridized carbons (Fsp3) is 0.300. The molecule has 3 nitrogen and oxygen atoms in total. The Kier molecular flexibility index (Phi) is 1.93. The molecule has 1 aliphatic rings. The van der Waals surface area contributed by atoms with Gasteiger partial charge in [0.25, 0.3) is 0 Å². The lowest BCUT2D eigenvalue weighted by atomic mass is 10.3. The monoisotopic (exact) mass is 177 g/mol. The first-order valence-electron chi connectivity index (χ1n) is 4.37. The largest absolute Gasteiger partial charge is 0.508 e. The standard InChI is InChI=1S/C10H11NO2/c12-9-5-3-8(4-6-9)11-7-1-2-10(11)13/h3-6,12H,1-2,7H2. The van der Waals surface area contributed by atoms with Crippen LogP contribution in [0, 0.1) is 0 Å². The van der Waals surface area contributed by atoms with Crippen LogP contribution >= 0.6 is 0 Å². The van der Waals surface area contributed by atoms with E-state index in [9.17, 15) is 4.79 Å². The number of carbonyl (C=O) groups is 1. The predicted octanol–water partition coefficient (Wildman–Crippen LogP) is 1.52. The number of hydrogen-bond donors (Lipinski definition) is 1. The molecule has 2 rings (SSSR count). The first kappa shape index (κ1) is 8.10. The van der Waals surface area contributed by atoms with Crippen molar-refractivity contribution < 1.29 is 9.90 Å². The van der Waals surface area contributed by atoms with E-state index in [0.29, 0.717) is 6.42 Å². The molecule has 1 aliphatic heterocycles. The van der Waals surface area contributed by atoms with Crippen molar-refractivity contribution in [3.05, 3.63) is 24.3 Å². The van der Waals surface area contributed by atoms with E-state index in [2.05, 4.69) is 0 Å². The van der Waals surface area contributed by atoms with Crippen molar-refractivity contribution >= 4 is 11.6 Å². The van der Waals surface area contributed by atoms with Crippen molar-refractivity contribution in [2.75, 3.05) is 11.4 Å². The van der Waals surface area contributed by atoms with Crippen LogP contribution in [0.1, 0.15) is 12.8 Å². The van der Waals surface area contributed by atoms with Crippen LogP contribution in [0.5, 0.6) is 5.75 Å². The quantitative estimate of drug-likeness (QED) is 0.706. The summed E-state index contributed by atoms with van der Waals surface area (Å²) in [6.07, 6.45) is 1.57. The molecule has 1 N–H and O–H groups in total. The molecule has 1 amide bonds. The average Bonchev–Trinajstić information content (AvgIpc) is 2.53. The highest BCUT2D eigenvalue weighted by Crippen LogP contribution is 2.22. The Labute approximate surface area is 76.6 Å². The molecule has 0 bridgehead atoms. The molecule has 0 unspecified atom stereocenters. The summed E-state index contributed by atoms with van der Waals surface area (Å²) in [5, 5.41) is 9.06. The number of benzene rings is 1. The first-order chi connectivity index (χ1) is 6.27. The van der Waals surface area contributed by atoms with Gasteiger partial charge in [-0.1, -0.05) is 0 Å². The molecule has 0 atom stereocenters. The molecule has 0 aliphatic carbocycles. The van der Waals surface area contributed by atoms with E-state index in [4.69, 9.17) is 5.11 Å². The minimum atomic E-state index is 0.172. The SMILES string of the molecule is O=C1CCCN1c1ccc(O)cc1. The van der Waals surface area contributed by atoms with Crippen molar-refractivity contribution in [3.8, 4) is 5.75 Å². The minimum Gasteiger partial charge on any atom is -0.508 e. The number of rotatable bonds is 1. The third-order valence-electron chi connectivity index (χ3n) is 2.23. The summed E-state index contributed by atoms with van der Waals surface area (Å²) in [7, 11) is 0. The van der Waals surface area contributed by atoms with Crippen molar-refractivity contribution in [1.29, 1.82) is 0 Å². The Balaban J connectivity index is 2.25. The van der Waals surface area contributed by atoms with Gasteiger partial charge in [-0.3, -0.25) is 4.79 Å². The van der Waals surface area contributed by atoms with Gasteiger partial charge in [-0.05, 0) is 30.7 Å². The summed E-state index contributed by atoms with van der Waals surface area (Å²) in [5.41, 5.74) is 0.875. The Morgan fingerprint density at radius 1 is 1.23 bits per heavy atom. The summed E-state index contributed by atoms with van der Waals surface area (Å²) in [5.74, 6) is 0.404. The Bertz CT molecular complexity index is 318. The summed E-state index contributed by atoms with van der Waals surface area (Å²) < 4.78 is 0. The zero-order valence-corrected chi connectivity index (χ0v) is 7.23. The van der Waals surface area contributed by atoms with Crippen molar-refractivity contribution in [2.24, 2.45) is 0 Å². The fourth-order valence-electron chi connectivity index (χ4n) is 1.55. The molecule has 0 radical (unpaired) electrons. The van der Waals surface area contributed by atoms with Gasteiger partial charge in [0, 0.05) is 18.7 Å². The Hall–Kier alpha value is -1.51. The van der Waals surface area contributed by atoms with E-state index in [1.165, 1.54) is 0 Å². The molecule has 68 valence electrons. The molecule has 1 aromatic carbocycles. The molecule has 1 fully saturated rings.